The molecule has 0 aliphatic heterocycles. The van der Waals surface area contributed by atoms with Crippen molar-refractivity contribution in [2.75, 3.05) is 55.7 Å². The van der Waals surface area contributed by atoms with Gasteiger partial charge in [0.1, 0.15) is 6.29 Å². The standard InChI is InChI=1S/C28H41NO6/c1-19(2)26-22(17-25(33-6)27(34-7)28(26)35-8)21(18-30)10-9-14-29(3)15-13-20-11-12-23(31-4)24(16-20)32-5/h11-12,16-19,21H,9-10,13-15H2,1-8H3. The third-order valence-corrected chi connectivity index (χ3v) is 6.33. The van der Waals surface area contributed by atoms with Gasteiger partial charge in [-0.05, 0) is 68.1 Å². The summed E-state index contributed by atoms with van der Waals surface area (Å²) in [4.78, 5) is 14.5. The fraction of sp³-hybridized carbons (Fsp3) is 0.536. The molecule has 2 aromatic carbocycles. The van der Waals surface area contributed by atoms with Crippen LogP contribution in [0.5, 0.6) is 28.7 Å². The Morgan fingerprint density at radius 1 is 0.829 bits per heavy atom. The van der Waals surface area contributed by atoms with Crippen LogP contribution in [0, 0.1) is 0 Å². The van der Waals surface area contributed by atoms with Crippen molar-refractivity contribution in [3.63, 3.8) is 0 Å². The van der Waals surface area contributed by atoms with Crippen molar-refractivity contribution in [1.29, 1.82) is 0 Å². The lowest BCUT2D eigenvalue weighted by molar-refractivity contribution is -0.109. The van der Waals surface area contributed by atoms with Gasteiger partial charge in [-0.25, -0.2) is 0 Å². The van der Waals surface area contributed by atoms with Crippen molar-refractivity contribution in [3.05, 3.63) is 41.0 Å². The van der Waals surface area contributed by atoms with E-state index in [1.54, 1.807) is 35.5 Å². The maximum absolute atomic E-state index is 12.2. The number of hydrogen-bond acceptors (Lipinski definition) is 7. The van der Waals surface area contributed by atoms with Gasteiger partial charge in [0.2, 0.25) is 5.75 Å². The Labute approximate surface area is 210 Å². The molecule has 0 N–H and O–H groups in total. The summed E-state index contributed by atoms with van der Waals surface area (Å²) >= 11 is 0. The van der Waals surface area contributed by atoms with Crippen LogP contribution in [0.3, 0.4) is 0 Å². The van der Waals surface area contributed by atoms with Crippen LogP contribution in [0.2, 0.25) is 0 Å². The molecule has 0 saturated heterocycles. The Balaban J connectivity index is 2.07. The van der Waals surface area contributed by atoms with E-state index < -0.39 is 0 Å². The van der Waals surface area contributed by atoms with Crippen molar-refractivity contribution >= 4 is 6.29 Å². The first kappa shape index (κ1) is 28.3. The van der Waals surface area contributed by atoms with Crippen LogP contribution < -0.4 is 23.7 Å². The Hall–Kier alpha value is -2.93. The van der Waals surface area contributed by atoms with Crippen LogP contribution in [0.1, 0.15) is 55.2 Å². The number of hydrogen-bond donors (Lipinski definition) is 0. The van der Waals surface area contributed by atoms with Gasteiger partial charge in [-0.1, -0.05) is 19.9 Å². The zero-order valence-corrected chi connectivity index (χ0v) is 22.5. The summed E-state index contributed by atoms with van der Waals surface area (Å²) in [7, 11) is 10.2. The molecule has 0 heterocycles. The molecular weight excluding hydrogens is 446 g/mol. The van der Waals surface area contributed by atoms with Gasteiger partial charge in [-0.15, -0.1) is 0 Å². The normalized spacial score (nSPS) is 11.9. The second kappa shape index (κ2) is 13.8. The first-order chi connectivity index (χ1) is 16.8. The van der Waals surface area contributed by atoms with E-state index in [0.717, 1.165) is 61.3 Å². The van der Waals surface area contributed by atoms with Crippen molar-refractivity contribution in [2.45, 2.75) is 44.9 Å². The first-order valence-electron chi connectivity index (χ1n) is 12.0. The minimum absolute atomic E-state index is 0.159. The van der Waals surface area contributed by atoms with Gasteiger partial charge in [-0.2, -0.15) is 0 Å². The molecule has 0 spiro atoms. The molecule has 2 rings (SSSR count). The van der Waals surface area contributed by atoms with E-state index in [1.165, 1.54) is 5.56 Å². The van der Waals surface area contributed by atoms with E-state index in [9.17, 15) is 4.79 Å². The van der Waals surface area contributed by atoms with Crippen LogP contribution in [-0.4, -0.2) is 66.9 Å². The van der Waals surface area contributed by atoms with E-state index >= 15 is 0 Å². The third kappa shape index (κ3) is 7.04. The smallest absolute Gasteiger partial charge is 0.203 e. The number of aldehydes is 1. The molecule has 7 heteroatoms. The number of methoxy groups -OCH3 is 5. The molecule has 1 unspecified atom stereocenters. The quantitative estimate of drug-likeness (QED) is 0.324. The zero-order chi connectivity index (χ0) is 26.0. The maximum Gasteiger partial charge on any atom is 0.203 e. The lowest BCUT2D eigenvalue weighted by Gasteiger charge is -2.25. The largest absolute Gasteiger partial charge is 0.493 e. The number of ether oxygens (including phenoxy) is 5. The summed E-state index contributed by atoms with van der Waals surface area (Å²) in [6.07, 6.45) is 3.57. The highest BCUT2D eigenvalue weighted by Crippen LogP contribution is 2.47. The fourth-order valence-electron chi connectivity index (χ4n) is 4.45. The molecule has 35 heavy (non-hydrogen) atoms. The summed E-state index contributed by atoms with van der Waals surface area (Å²) in [5.74, 6) is 3.15. The molecule has 7 nitrogen and oxygen atoms in total. The summed E-state index contributed by atoms with van der Waals surface area (Å²) in [6.45, 7) is 5.98. The van der Waals surface area contributed by atoms with Crippen LogP contribution in [-0.2, 0) is 11.2 Å². The minimum atomic E-state index is -0.250. The Morgan fingerprint density at radius 2 is 1.49 bits per heavy atom. The van der Waals surface area contributed by atoms with Gasteiger partial charge in [0.25, 0.3) is 0 Å². The number of carbonyl (C=O) groups excluding carboxylic acids is 1. The van der Waals surface area contributed by atoms with E-state index in [2.05, 4.69) is 31.9 Å². The van der Waals surface area contributed by atoms with Crippen molar-refractivity contribution in [1.82, 2.24) is 4.90 Å². The lowest BCUT2D eigenvalue weighted by Crippen LogP contribution is -2.23. The molecule has 0 aromatic heterocycles. The van der Waals surface area contributed by atoms with Crippen molar-refractivity contribution in [2.24, 2.45) is 0 Å². The maximum atomic E-state index is 12.2. The number of nitrogens with zero attached hydrogens (tertiary/aromatic N) is 1. The molecular formula is C28H41NO6. The monoisotopic (exact) mass is 487 g/mol. The van der Waals surface area contributed by atoms with Crippen LogP contribution in [0.25, 0.3) is 0 Å². The summed E-state index contributed by atoms with van der Waals surface area (Å²) in [5.41, 5.74) is 3.13. The fourth-order valence-corrected chi connectivity index (χ4v) is 4.45. The molecule has 0 aliphatic carbocycles. The van der Waals surface area contributed by atoms with E-state index in [1.807, 2.05) is 18.2 Å². The molecule has 0 radical (unpaired) electrons. The van der Waals surface area contributed by atoms with Crippen LogP contribution in [0.15, 0.2) is 24.3 Å². The first-order valence-corrected chi connectivity index (χ1v) is 12.0. The predicted octanol–water partition coefficient (Wildman–Crippen LogP) is 5.09. The molecule has 0 fully saturated rings. The second-order valence-corrected chi connectivity index (χ2v) is 8.93. The number of carbonyl (C=O) groups is 1. The number of likely N-dealkylation sites (N-methyl/N-ethyl adjacent to an activating group) is 1. The Morgan fingerprint density at radius 3 is 2.03 bits per heavy atom. The van der Waals surface area contributed by atoms with Gasteiger partial charge in [0.15, 0.2) is 23.0 Å². The SMILES string of the molecule is COc1ccc(CCN(C)CCCC(C=O)c2cc(OC)c(OC)c(OC)c2C(C)C)cc1OC. The van der Waals surface area contributed by atoms with Crippen molar-refractivity contribution in [3.8, 4) is 28.7 Å². The highest BCUT2D eigenvalue weighted by atomic mass is 16.5. The molecule has 0 saturated carbocycles. The highest BCUT2D eigenvalue weighted by molar-refractivity contribution is 5.69. The Kier molecular flexibility index (Phi) is 11.2. The average molecular weight is 488 g/mol. The zero-order valence-electron chi connectivity index (χ0n) is 22.5. The van der Waals surface area contributed by atoms with Gasteiger partial charge in [0.05, 0.1) is 35.5 Å². The average Bonchev–Trinajstić information content (AvgIpc) is 2.88. The molecule has 0 aliphatic rings. The Bertz CT molecular complexity index is 959. The van der Waals surface area contributed by atoms with Crippen LogP contribution >= 0.6 is 0 Å². The molecule has 0 amide bonds. The van der Waals surface area contributed by atoms with Crippen molar-refractivity contribution < 1.29 is 28.5 Å². The summed E-state index contributed by atoms with van der Waals surface area (Å²) in [5, 5.41) is 0. The van der Waals surface area contributed by atoms with Gasteiger partial charge >= 0.3 is 0 Å². The molecule has 194 valence electrons. The van der Waals surface area contributed by atoms with E-state index in [-0.39, 0.29) is 11.8 Å². The molecule has 2 aromatic rings. The molecule has 1 atom stereocenters. The minimum Gasteiger partial charge on any atom is -0.493 e. The van der Waals surface area contributed by atoms with Gasteiger partial charge in [0, 0.05) is 18.0 Å². The predicted molar refractivity (Wildman–Crippen MR) is 139 cm³/mol. The molecule has 0 bridgehead atoms. The van der Waals surface area contributed by atoms with Gasteiger partial charge in [-0.3, -0.25) is 0 Å². The van der Waals surface area contributed by atoms with E-state index in [4.69, 9.17) is 23.7 Å². The number of rotatable bonds is 15. The number of benzene rings is 2. The summed E-state index contributed by atoms with van der Waals surface area (Å²) in [6, 6.07) is 7.95. The highest BCUT2D eigenvalue weighted by Gasteiger charge is 2.26. The lowest BCUT2D eigenvalue weighted by atomic mass is 9.85. The third-order valence-electron chi connectivity index (χ3n) is 6.33. The summed E-state index contributed by atoms with van der Waals surface area (Å²) < 4.78 is 27.5. The van der Waals surface area contributed by atoms with Gasteiger partial charge < -0.3 is 33.4 Å². The van der Waals surface area contributed by atoms with E-state index in [0.29, 0.717) is 17.2 Å². The topological polar surface area (TPSA) is 66.5 Å². The van der Waals surface area contributed by atoms with Crippen LogP contribution in [0.4, 0.5) is 0 Å². The second-order valence-electron chi connectivity index (χ2n) is 8.93.